The molecule has 2 aromatic rings. The predicted octanol–water partition coefficient (Wildman–Crippen LogP) is 6.52. The summed E-state index contributed by atoms with van der Waals surface area (Å²) < 4.78 is 44.1. The number of piperidine rings is 1. The minimum Gasteiger partial charge on any atom is -0.386 e. The van der Waals surface area contributed by atoms with Gasteiger partial charge in [0.15, 0.2) is 11.6 Å². The van der Waals surface area contributed by atoms with E-state index in [9.17, 15) is 18.0 Å². The molecule has 3 rings (SSSR count). The minimum atomic E-state index is -0.644. The van der Waals surface area contributed by atoms with Gasteiger partial charge in [0.2, 0.25) is 0 Å². The SMILES string of the molecule is CNC(=C/c1ccnc(C)c1/C=C(\C)CN1CCC(c2c(F)cc(C(C)=O)cc2F)CC1)/C(F)=C\NC(C)C. The fourth-order valence-corrected chi connectivity index (χ4v) is 4.85. The third-order valence-corrected chi connectivity index (χ3v) is 6.94. The van der Waals surface area contributed by atoms with Crippen LogP contribution in [0.5, 0.6) is 0 Å². The quantitative estimate of drug-likeness (QED) is 0.265. The number of halogens is 3. The summed E-state index contributed by atoms with van der Waals surface area (Å²) in [6.45, 7) is 11.2. The molecule has 0 saturated carbocycles. The average Bonchev–Trinajstić information content (AvgIpc) is 2.88. The highest BCUT2D eigenvalue weighted by Gasteiger charge is 2.26. The van der Waals surface area contributed by atoms with E-state index in [1.807, 2.05) is 33.8 Å². The van der Waals surface area contributed by atoms with E-state index in [4.69, 9.17) is 0 Å². The van der Waals surface area contributed by atoms with Gasteiger partial charge in [-0.05, 0) is 96.3 Å². The van der Waals surface area contributed by atoms with Gasteiger partial charge in [0.1, 0.15) is 11.6 Å². The topological polar surface area (TPSA) is 57.3 Å². The lowest BCUT2D eigenvalue weighted by Gasteiger charge is -2.32. The van der Waals surface area contributed by atoms with Gasteiger partial charge >= 0.3 is 0 Å². The molecule has 0 spiro atoms. The van der Waals surface area contributed by atoms with Gasteiger partial charge in [-0.2, -0.15) is 0 Å². The Kier molecular flexibility index (Phi) is 10.5. The van der Waals surface area contributed by atoms with E-state index >= 15 is 0 Å². The highest BCUT2D eigenvalue weighted by atomic mass is 19.1. The molecule has 2 heterocycles. The van der Waals surface area contributed by atoms with E-state index in [0.29, 0.717) is 38.2 Å². The smallest absolute Gasteiger partial charge is 0.161 e. The van der Waals surface area contributed by atoms with Gasteiger partial charge in [0, 0.05) is 54.4 Å². The summed E-state index contributed by atoms with van der Waals surface area (Å²) in [6.07, 6.45) is 8.17. The Hall–Kier alpha value is -3.39. The highest BCUT2D eigenvalue weighted by molar-refractivity contribution is 5.94. The van der Waals surface area contributed by atoms with Crippen molar-refractivity contribution in [3.8, 4) is 0 Å². The van der Waals surface area contributed by atoms with E-state index in [1.54, 1.807) is 19.3 Å². The number of Topliss-reactive ketones (excluding diaryl/α,β-unsaturated/α-hetero) is 1. The summed E-state index contributed by atoms with van der Waals surface area (Å²) in [5.41, 5.74) is 4.20. The first-order chi connectivity index (χ1) is 18.5. The van der Waals surface area contributed by atoms with Crippen molar-refractivity contribution in [1.29, 1.82) is 0 Å². The largest absolute Gasteiger partial charge is 0.386 e. The summed E-state index contributed by atoms with van der Waals surface area (Å²) >= 11 is 0. The Morgan fingerprint density at radius 2 is 1.79 bits per heavy atom. The molecule has 5 nitrogen and oxygen atoms in total. The van der Waals surface area contributed by atoms with Crippen LogP contribution in [0.25, 0.3) is 12.2 Å². The third kappa shape index (κ3) is 8.05. The van der Waals surface area contributed by atoms with Crippen molar-refractivity contribution >= 4 is 17.9 Å². The zero-order chi connectivity index (χ0) is 28.7. The number of hydrogen-bond donors (Lipinski definition) is 2. The van der Waals surface area contributed by atoms with Crippen molar-refractivity contribution < 1.29 is 18.0 Å². The number of likely N-dealkylation sites (N-methyl/N-ethyl adjacent to an activating group) is 1. The summed E-state index contributed by atoms with van der Waals surface area (Å²) in [5.74, 6) is -2.26. The van der Waals surface area contributed by atoms with Crippen LogP contribution in [0.3, 0.4) is 0 Å². The second-order valence-electron chi connectivity index (χ2n) is 10.5. The van der Waals surface area contributed by atoms with Crippen molar-refractivity contribution in [2.45, 2.75) is 59.4 Å². The van der Waals surface area contributed by atoms with Crippen LogP contribution >= 0.6 is 0 Å². The molecule has 0 unspecified atom stereocenters. The fourth-order valence-electron chi connectivity index (χ4n) is 4.85. The number of benzene rings is 1. The number of likely N-dealkylation sites (tertiary alicyclic amines) is 1. The molecule has 1 aliphatic heterocycles. The summed E-state index contributed by atoms with van der Waals surface area (Å²) in [7, 11) is 1.68. The molecule has 1 aliphatic rings. The van der Waals surface area contributed by atoms with Crippen molar-refractivity contribution in [2.75, 3.05) is 26.7 Å². The molecule has 210 valence electrons. The first-order valence-electron chi connectivity index (χ1n) is 13.4. The number of nitrogens with one attached hydrogen (secondary N) is 2. The molecule has 39 heavy (non-hydrogen) atoms. The van der Waals surface area contributed by atoms with E-state index in [2.05, 4.69) is 26.6 Å². The maximum Gasteiger partial charge on any atom is 0.161 e. The summed E-state index contributed by atoms with van der Waals surface area (Å²) in [6, 6.07) is 4.26. The number of allylic oxidation sites excluding steroid dienone is 1. The Bertz CT molecular complexity index is 1250. The summed E-state index contributed by atoms with van der Waals surface area (Å²) in [4.78, 5) is 18.2. The van der Waals surface area contributed by atoms with Crippen LogP contribution in [0.1, 0.15) is 79.2 Å². The standard InChI is InChI=1S/C31H39F3N4O/c1-19(2)37-17-29(34)30(35-6)16-24-7-10-36-21(4)26(24)13-20(3)18-38-11-8-23(9-12-38)31-27(32)14-25(22(5)39)15-28(31)33/h7,10,13-17,19,23,35,37H,8-9,11-12,18H2,1-6H3/b20-13+,29-17+,30-16+. The molecule has 0 bridgehead atoms. The van der Waals surface area contributed by atoms with Crippen LogP contribution in [0.4, 0.5) is 13.2 Å². The minimum absolute atomic E-state index is 0.0553. The Morgan fingerprint density at radius 1 is 1.15 bits per heavy atom. The molecular formula is C31H39F3N4O. The number of ketones is 1. The highest BCUT2D eigenvalue weighted by Crippen LogP contribution is 2.33. The molecule has 8 heteroatoms. The molecule has 1 fully saturated rings. The monoisotopic (exact) mass is 540 g/mol. The van der Waals surface area contributed by atoms with E-state index in [1.165, 1.54) is 13.1 Å². The first kappa shape index (κ1) is 30.2. The second kappa shape index (κ2) is 13.6. The number of nitrogens with zero attached hydrogens (tertiary/aromatic N) is 2. The molecule has 1 aromatic carbocycles. The van der Waals surface area contributed by atoms with Crippen LogP contribution < -0.4 is 10.6 Å². The van der Waals surface area contributed by atoms with Crippen LogP contribution in [0.2, 0.25) is 0 Å². The molecule has 2 N–H and O–H groups in total. The van der Waals surface area contributed by atoms with Gasteiger partial charge in [-0.25, -0.2) is 13.2 Å². The number of rotatable bonds is 10. The Morgan fingerprint density at radius 3 is 2.36 bits per heavy atom. The Labute approximate surface area is 229 Å². The number of carbonyl (C=O) groups is 1. The van der Waals surface area contributed by atoms with Crippen LogP contribution in [0.15, 0.2) is 47.7 Å². The molecule has 0 amide bonds. The van der Waals surface area contributed by atoms with Gasteiger partial charge < -0.3 is 10.6 Å². The van der Waals surface area contributed by atoms with Gasteiger partial charge in [0.25, 0.3) is 0 Å². The lowest BCUT2D eigenvalue weighted by molar-refractivity contribution is 0.101. The molecule has 0 atom stereocenters. The molecule has 0 radical (unpaired) electrons. The van der Waals surface area contributed by atoms with Crippen LogP contribution in [-0.2, 0) is 0 Å². The van der Waals surface area contributed by atoms with Crippen molar-refractivity contribution in [3.05, 3.63) is 87.3 Å². The number of hydrogen-bond acceptors (Lipinski definition) is 5. The van der Waals surface area contributed by atoms with E-state index < -0.39 is 11.6 Å². The maximum atomic E-state index is 14.7. The average molecular weight is 541 g/mol. The van der Waals surface area contributed by atoms with Gasteiger partial charge in [-0.3, -0.25) is 14.7 Å². The zero-order valence-electron chi connectivity index (χ0n) is 23.7. The number of pyridine rings is 1. The molecule has 0 aliphatic carbocycles. The third-order valence-electron chi connectivity index (χ3n) is 6.94. The number of aryl methyl sites for hydroxylation is 1. The summed E-state index contributed by atoms with van der Waals surface area (Å²) in [5, 5.41) is 5.91. The van der Waals surface area contributed by atoms with Crippen molar-refractivity contribution in [2.24, 2.45) is 0 Å². The van der Waals surface area contributed by atoms with Gasteiger partial charge in [-0.1, -0.05) is 11.6 Å². The fraction of sp³-hybridized carbons (Fsp3) is 0.419. The Balaban J connectivity index is 1.73. The first-order valence-corrected chi connectivity index (χ1v) is 13.4. The predicted molar refractivity (Wildman–Crippen MR) is 152 cm³/mol. The zero-order valence-corrected chi connectivity index (χ0v) is 23.7. The molecule has 1 saturated heterocycles. The lowest BCUT2D eigenvalue weighted by Crippen LogP contribution is -2.34. The second-order valence-corrected chi connectivity index (χ2v) is 10.5. The van der Waals surface area contributed by atoms with Crippen LogP contribution in [-0.4, -0.2) is 48.4 Å². The number of aromatic nitrogens is 1. The lowest BCUT2D eigenvalue weighted by atomic mass is 9.87. The van der Waals surface area contributed by atoms with E-state index in [0.717, 1.165) is 34.5 Å². The molecular weight excluding hydrogens is 501 g/mol. The van der Waals surface area contributed by atoms with Crippen LogP contribution in [0, 0.1) is 18.6 Å². The van der Waals surface area contributed by atoms with Gasteiger partial charge in [0.05, 0.1) is 5.70 Å². The molecule has 1 aromatic heterocycles. The van der Waals surface area contributed by atoms with E-state index in [-0.39, 0.29) is 34.7 Å². The van der Waals surface area contributed by atoms with Crippen molar-refractivity contribution in [3.63, 3.8) is 0 Å². The number of carbonyl (C=O) groups excluding carboxylic acids is 1. The van der Waals surface area contributed by atoms with Crippen molar-refractivity contribution in [1.82, 2.24) is 20.5 Å². The van der Waals surface area contributed by atoms with Gasteiger partial charge in [-0.15, -0.1) is 0 Å². The normalized spacial score (nSPS) is 16.1. The maximum absolute atomic E-state index is 14.7.